The first-order valence-corrected chi connectivity index (χ1v) is 13.4. The third kappa shape index (κ3) is 4.46. The van der Waals surface area contributed by atoms with Gasteiger partial charge in [0.1, 0.15) is 5.75 Å². The lowest BCUT2D eigenvalue weighted by Gasteiger charge is -2.31. The van der Waals surface area contributed by atoms with Gasteiger partial charge in [-0.25, -0.2) is 4.99 Å². The minimum Gasteiger partial charge on any atom is -0.493 e. The summed E-state index contributed by atoms with van der Waals surface area (Å²) in [5.74, 6) is 1.33. The molecule has 1 aliphatic heterocycles. The Morgan fingerprint density at radius 2 is 1.77 bits per heavy atom. The molecule has 0 saturated heterocycles. The quantitative estimate of drug-likeness (QED) is 0.280. The zero-order valence-electron chi connectivity index (χ0n) is 21.8. The van der Waals surface area contributed by atoms with Gasteiger partial charge in [0.25, 0.3) is 5.56 Å². The molecule has 1 atom stereocenters. The maximum absolute atomic E-state index is 13.9. The summed E-state index contributed by atoms with van der Waals surface area (Å²) in [4.78, 5) is 30.9. The minimum absolute atomic E-state index is 0.104. The van der Waals surface area contributed by atoms with Crippen LogP contribution in [0.4, 0.5) is 0 Å². The average molecular weight is 539 g/mol. The Labute approximate surface area is 228 Å². The molecule has 8 heteroatoms. The first-order valence-electron chi connectivity index (χ1n) is 12.6. The SMILES string of the molecule is COc1ccc([C@@H]2C3=C(N=c4s/c(=C\c5ccc(OC(C)=O)cc5)c(=O)n42)c2ccccc2CC3)cc1OC. The van der Waals surface area contributed by atoms with E-state index in [2.05, 4.69) is 18.2 Å². The molecule has 6 rings (SSSR count). The highest BCUT2D eigenvalue weighted by atomic mass is 32.1. The van der Waals surface area contributed by atoms with Crippen molar-refractivity contribution < 1.29 is 19.0 Å². The third-order valence-corrected chi connectivity index (χ3v) is 8.02. The van der Waals surface area contributed by atoms with E-state index in [-0.39, 0.29) is 17.6 Å². The van der Waals surface area contributed by atoms with E-state index in [0.29, 0.717) is 26.6 Å². The number of rotatable bonds is 5. The predicted molar refractivity (Wildman–Crippen MR) is 150 cm³/mol. The number of carbonyl (C=O) groups is 1. The average Bonchev–Trinajstić information content (AvgIpc) is 3.26. The molecule has 7 nitrogen and oxygen atoms in total. The Kier molecular flexibility index (Phi) is 6.40. The van der Waals surface area contributed by atoms with E-state index in [9.17, 15) is 9.59 Å². The van der Waals surface area contributed by atoms with Crippen LogP contribution in [0.1, 0.15) is 41.6 Å². The summed E-state index contributed by atoms with van der Waals surface area (Å²) in [5.41, 5.74) is 6.09. The van der Waals surface area contributed by atoms with Crippen molar-refractivity contribution in [3.05, 3.63) is 114 Å². The monoisotopic (exact) mass is 538 g/mol. The highest BCUT2D eigenvalue weighted by Crippen LogP contribution is 2.42. The smallest absolute Gasteiger partial charge is 0.308 e. The molecule has 0 radical (unpaired) electrons. The second-order valence-corrected chi connectivity index (χ2v) is 10.4. The van der Waals surface area contributed by atoms with Gasteiger partial charge in [-0.3, -0.25) is 14.2 Å². The van der Waals surface area contributed by atoms with Crippen molar-refractivity contribution in [2.45, 2.75) is 25.8 Å². The zero-order chi connectivity index (χ0) is 27.1. The number of allylic oxidation sites excluding steroid dienone is 1. The number of esters is 1. The maximum Gasteiger partial charge on any atom is 0.308 e. The van der Waals surface area contributed by atoms with Crippen LogP contribution in [0.2, 0.25) is 0 Å². The molecule has 1 aromatic heterocycles. The summed E-state index contributed by atoms with van der Waals surface area (Å²) in [6.45, 7) is 1.36. The van der Waals surface area contributed by atoms with Gasteiger partial charge in [-0.15, -0.1) is 0 Å². The van der Waals surface area contributed by atoms with Crippen molar-refractivity contribution in [3.8, 4) is 17.2 Å². The molecule has 0 fully saturated rings. The highest BCUT2D eigenvalue weighted by Gasteiger charge is 2.33. The van der Waals surface area contributed by atoms with Crippen LogP contribution in [0.5, 0.6) is 17.2 Å². The molecule has 0 bridgehead atoms. The Morgan fingerprint density at radius 1 is 1.00 bits per heavy atom. The second kappa shape index (κ2) is 10.0. The molecule has 0 unspecified atom stereocenters. The second-order valence-electron chi connectivity index (χ2n) is 9.39. The molecule has 196 valence electrons. The number of hydrogen-bond acceptors (Lipinski definition) is 7. The van der Waals surface area contributed by atoms with E-state index in [4.69, 9.17) is 19.2 Å². The summed E-state index contributed by atoms with van der Waals surface area (Å²) in [5, 5.41) is 0. The minimum atomic E-state index is -0.378. The number of benzene rings is 3. The number of aromatic nitrogens is 1. The fourth-order valence-electron chi connectivity index (χ4n) is 5.29. The highest BCUT2D eigenvalue weighted by molar-refractivity contribution is 7.07. The van der Waals surface area contributed by atoms with E-state index in [1.807, 2.05) is 42.5 Å². The normalized spacial score (nSPS) is 16.1. The molecule has 1 aliphatic carbocycles. The summed E-state index contributed by atoms with van der Waals surface area (Å²) in [7, 11) is 3.22. The van der Waals surface area contributed by atoms with Crippen molar-refractivity contribution >= 4 is 29.1 Å². The number of fused-ring (bicyclic) bond motifs is 3. The van der Waals surface area contributed by atoms with Gasteiger partial charge >= 0.3 is 5.97 Å². The van der Waals surface area contributed by atoms with Crippen LogP contribution in [-0.4, -0.2) is 24.8 Å². The lowest BCUT2D eigenvalue weighted by atomic mass is 9.83. The van der Waals surface area contributed by atoms with Gasteiger partial charge in [0, 0.05) is 12.5 Å². The van der Waals surface area contributed by atoms with Crippen molar-refractivity contribution in [1.29, 1.82) is 0 Å². The molecule has 2 heterocycles. The summed E-state index contributed by atoms with van der Waals surface area (Å²) in [6, 6.07) is 20.9. The summed E-state index contributed by atoms with van der Waals surface area (Å²) >= 11 is 1.37. The van der Waals surface area contributed by atoms with E-state index >= 15 is 0 Å². The van der Waals surface area contributed by atoms with Gasteiger partial charge in [0.15, 0.2) is 16.3 Å². The first-order chi connectivity index (χ1) is 19.0. The molecule has 0 amide bonds. The lowest BCUT2D eigenvalue weighted by Crippen LogP contribution is -2.38. The number of methoxy groups -OCH3 is 2. The van der Waals surface area contributed by atoms with Crippen molar-refractivity contribution in [2.24, 2.45) is 4.99 Å². The molecule has 3 aromatic carbocycles. The van der Waals surface area contributed by atoms with Crippen molar-refractivity contribution in [1.82, 2.24) is 4.57 Å². The van der Waals surface area contributed by atoms with Crippen LogP contribution in [0.25, 0.3) is 11.8 Å². The summed E-state index contributed by atoms with van der Waals surface area (Å²) < 4.78 is 18.6. The Balaban J connectivity index is 1.55. The van der Waals surface area contributed by atoms with E-state index < -0.39 is 0 Å². The van der Waals surface area contributed by atoms with Crippen LogP contribution in [0.15, 0.2) is 82.1 Å². The fourth-order valence-corrected chi connectivity index (χ4v) is 6.30. The lowest BCUT2D eigenvalue weighted by molar-refractivity contribution is -0.131. The van der Waals surface area contributed by atoms with Crippen molar-refractivity contribution in [2.75, 3.05) is 14.2 Å². The van der Waals surface area contributed by atoms with Gasteiger partial charge in [0.05, 0.1) is 30.5 Å². The summed E-state index contributed by atoms with van der Waals surface area (Å²) in [6.07, 6.45) is 3.54. The van der Waals surface area contributed by atoms with Crippen LogP contribution >= 0.6 is 11.3 Å². The number of nitrogens with zero attached hydrogens (tertiary/aromatic N) is 2. The van der Waals surface area contributed by atoms with Gasteiger partial charge in [0.2, 0.25) is 0 Å². The molecular weight excluding hydrogens is 512 g/mol. The fraction of sp³-hybridized carbons (Fsp3) is 0.194. The Hall–Kier alpha value is -4.43. The van der Waals surface area contributed by atoms with Gasteiger partial charge < -0.3 is 14.2 Å². The zero-order valence-corrected chi connectivity index (χ0v) is 22.6. The first kappa shape index (κ1) is 24.9. The molecule has 0 N–H and O–H groups in total. The standard InChI is InChI=1S/C31H26N2O5S/c1-18(34)38-22-12-8-19(9-13-22)16-27-30(35)33-29(21-11-15-25(36-2)26(17-21)37-3)24-14-10-20-6-4-5-7-23(20)28(24)32-31(33)39-27/h4-9,11-13,15-17,29H,10,14H2,1-3H3/b27-16-/t29-/m1/s1. The molecule has 4 aromatic rings. The van der Waals surface area contributed by atoms with Gasteiger partial charge in [-0.2, -0.15) is 0 Å². The number of ether oxygens (including phenoxy) is 3. The van der Waals surface area contributed by atoms with Crippen LogP contribution in [0.3, 0.4) is 0 Å². The molecular formula is C31H26N2O5S. The number of carbonyl (C=O) groups excluding carboxylic acids is 1. The van der Waals surface area contributed by atoms with E-state index in [1.54, 1.807) is 30.9 Å². The Bertz CT molecular complexity index is 1810. The number of thiazole rings is 1. The number of aryl methyl sites for hydroxylation is 1. The molecule has 39 heavy (non-hydrogen) atoms. The van der Waals surface area contributed by atoms with E-state index in [1.165, 1.54) is 23.8 Å². The Morgan fingerprint density at radius 3 is 2.51 bits per heavy atom. The van der Waals surface area contributed by atoms with Crippen LogP contribution in [0, 0.1) is 0 Å². The molecule has 0 saturated carbocycles. The molecule has 0 spiro atoms. The van der Waals surface area contributed by atoms with Crippen molar-refractivity contribution in [3.63, 3.8) is 0 Å². The predicted octanol–water partition coefficient (Wildman–Crippen LogP) is 4.26. The molecule has 2 aliphatic rings. The number of hydrogen-bond donors (Lipinski definition) is 0. The maximum atomic E-state index is 13.9. The van der Waals surface area contributed by atoms with Crippen LogP contribution < -0.4 is 29.1 Å². The third-order valence-electron chi connectivity index (χ3n) is 7.04. The van der Waals surface area contributed by atoms with E-state index in [0.717, 1.165) is 40.8 Å². The topological polar surface area (TPSA) is 79.1 Å². The van der Waals surface area contributed by atoms with Gasteiger partial charge in [-0.05, 0) is 65.4 Å². The van der Waals surface area contributed by atoms with Gasteiger partial charge in [-0.1, -0.05) is 53.8 Å². The van der Waals surface area contributed by atoms with Crippen LogP contribution in [-0.2, 0) is 11.2 Å². The largest absolute Gasteiger partial charge is 0.493 e.